The van der Waals surface area contributed by atoms with Gasteiger partial charge >= 0.3 is 0 Å². The molecule has 12 aromatic rings. The number of anilines is 2. The number of aromatic nitrogens is 14. The molecule has 0 aliphatic rings. The van der Waals surface area contributed by atoms with Crippen LogP contribution in [-0.2, 0) is 26.7 Å². The Hall–Kier alpha value is -9.20. The second-order valence-electron chi connectivity index (χ2n) is 16.4. The first kappa shape index (κ1) is 40.3. The lowest BCUT2D eigenvalue weighted by atomic mass is 10.0. The molecule has 9 heterocycles. The quantitative estimate of drug-likeness (QED) is 0.0777. The van der Waals surface area contributed by atoms with Crippen LogP contribution in [0.25, 0.3) is 89.4 Å². The third-order valence-corrected chi connectivity index (χ3v) is 11.7. The van der Waals surface area contributed by atoms with Crippen molar-refractivity contribution in [2.45, 2.75) is 26.6 Å². The number of rotatable bonds is 12. The molecule has 334 valence electrons. The van der Waals surface area contributed by atoms with E-state index < -0.39 is 17.5 Å². The zero-order chi connectivity index (χ0) is 46.0. The van der Waals surface area contributed by atoms with Crippen molar-refractivity contribution in [1.29, 1.82) is 0 Å². The fraction of sp³-hybridized carbons (Fsp3) is 0.104. The lowest BCUT2D eigenvalue weighted by molar-refractivity contribution is 0.459. The lowest BCUT2D eigenvalue weighted by Gasteiger charge is -2.10. The van der Waals surface area contributed by atoms with Gasteiger partial charge in [0.15, 0.2) is 34.2 Å². The molecule has 12 rings (SSSR count). The molecule has 0 unspecified atom stereocenters. The van der Waals surface area contributed by atoms with E-state index in [9.17, 15) is 4.39 Å². The van der Waals surface area contributed by atoms with Gasteiger partial charge in [0.05, 0.1) is 46.5 Å². The van der Waals surface area contributed by atoms with E-state index in [1.54, 1.807) is 52.4 Å². The molecule has 5 N–H and O–H groups in total. The zero-order valence-corrected chi connectivity index (χ0v) is 36.0. The van der Waals surface area contributed by atoms with Gasteiger partial charge in [-0.05, 0) is 72.1 Å². The van der Waals surface area contributed by atoms with Crippen LogP contribution in [0, 0.1) is 24.4 Å². The highest BCUT2D eigenvalue weighted by molar-refractivity contribution is 5.93. The number of nitrogens with one attached hydrogen (secondary N) is 5. The second-order valence-corrected chi connectivity index (χ2v) is 16.4. The molecule has 0 amide bonds. The van der Waals surface area contributed by atoms with E-state index in [4.69, 9.17) is 19.5 Å². The van der Waals surface area contributed by atoms with Crippen molar-refractivity contribution < 1.29 is 17.7 Å². The van der Waals surface area contributed by atoms with Crippen molar-refractivity contribution >= 4 is 56.0 Å². The molecule has 0 atom stereocenters. The standard InChI is InChI=1S/C48H35F3N16O/c1-24-11-36-44(53-16-24)63-64-45(36)54-17-27-6-4-26(13-38(27)51)34-15-32(58-48-41(34)60-42(62-48)29-19-56-66(2)21-29)23-67-22-30(20-57-67)43-59-40-33(9-10-52-47(40)61-43)25-3-5-28(37(50)12-25)18-55-46-35-14-31(49)7-8-39(35)68-65-46/h3-16,19-22H,17-18,23H2,1-2H3,(H,55,65)(H,52,59,61)(H,58,60,62)(H2,53,54,63,64). The zero-order valence-electron chi connectivity index (χ0n) is 36.0. The Labute approximate surface area is 381 Å². The van der Waals surface area contributed by atoms with Crippen LogP contribution in [0.3, 0.4) is 0 Å². The van der Waals surface area contributed by atoms with E-state index in [2.05, 4.69) is 56.1 Å². The summed E-state index contributed by atoms with van der Waals surface area (Å²) in [6, 6.07) is 19.8. The number of H-pyrrole nitrogens is 3. The van der Waals surface area contributed by atoms with E-state index in [0.29, 0.717) is 107 Å². The number of pyridine rings is 3. The van der Waals surface area contributed by atoms with Gasteiger partial charge in [0.2, 0.25) is 0 Å². The van der Waals surface area contributed by atoms with Crippen molar-refractivity contribution in [2.24, 2.45) is 7.05 Å². The maximum absolute atomic E-state index is 16.0. The SMILES string of the molecule is Cc1cnc2[nH]nc(NCc3ccc(-c4cc(Cn5cc(-c6nc7c(-c8ccc(CNc9noc%10ccc(F)cc9%10)c(F)c8)ccnc7[nH]6)cn5)nc5[nH]c(-c6cnn(C)c6)nc45)cc3F)c2c1. The summed E-state index contributed by atoms with van der Waals surface area (Å²) in [5.41, 5.74) is 9.71. The van der Waals surface area contributed by atoms with Gasteiger partial charge in [0, 0.05) is 67.2 Å². The maximum atomic E-state index is 16.0. The molecule has 0 saturated carbocycles. The molecule has 17 nitrogen and oxygen atoms in total. The molecule has 0 saturated heterocycles. The van der Waals surface area contributed by atoms with Crippen LogP contribution >= 0.6 is 0 Å². The predicted molar refractivity (Wildman–Crippen MR) is 248 cm³/mol. The Balaban J connectivity index is 0.807. The molecule has 3 aromatic carbocycles. The number of benzene rings is 3. The van der Waals surface area contributed by atoms with Crippen LogP contribution in [0.1, 0.15) is 22.4 Å². The largest absolute Gasteiger partial charge is 0.364 e. The minimum atomic E-state index is -0.447. The molecule has 0 fully saturated rings. The average molecular weight is 909 g/mol. The minimum Gasteiger partial charge on any atom is -0.364 e. The molecule has 68 heavy (non-hydrogen) atoms. The topological polar surface area (TPSA) is 210 Å². The van der Waals surface area contributed by atoms with E-state index >= 15 is 8.78 Å². The summed E-state index contributed by atoms with van der Waals surface area (Å²) in [4.78, 5) is 30.2. The average Bonchev–Trinajstić information content (AvgIpc) is 4.21. The third-order valence-electron chi connectivity index (χ3n) is 11.7. The highest BCUT2D eigenvalue weighted by Gasteiger charge is 2.19. The second kappa shape index (κ2) is 16.0. The molecule has 0 radical (unpaired) electrons. The summed E-state index contributed by atoms with van der Waals surface area (Å²) in [6.45, 7) is 2.51. The highest BCUT2D eigenvalue weighted by Crippen LogP contribution is 2.34. The van der Waals surface area contributed by atoms with E-state index in [1.165, 1.54) is 30.3 Å². The van der Waals surface area contributed by atoms with Gasteiger partial charge in [-0.25, -0.2) is 38.1 Å². The van der Waals surface area contributed by atoms with Gasteiger partial charge in [0.25, 0.3) is 0 Å². The number of aromatic amines is 3. The number of hydrogen-bond donors (Lipinski definition) is 5. The smallest absolute Gasteiger partial charge is 0.177 e. The molecule has 9 aromatic heterocycles. The summed E-state index contributed by atoms with van der Waals surface area (Å²) in [7, 11) is 1.83. The van der Waals surface area contributed by atoms with Crippen molar-refractivity contribution in [1.82, 2.24) is 69.8 Å². The Morgan fingerprint density at radius 2 is 1.37 bits per heavy atom. The normalized spacial score (nSPS) is 11.8. The van der Waals surface area contributed by atoms with Crippen LogP contribution in [0.5, 0.6) is 0 Å². The number of halogens is 3. The molecular weight excluding hydrogens is 874 g/mol. The van der Waals surface area contributed by atoms with E-state index in [1.807, 2.05) is 50.6 Å². The van der Waals surface area contributed by atoms with Gasteiger partial charge < -0.3 is 25.1 Å². The number of imidazole rings is 2. The van der Waals surface area contributed by atoms with Crippen LogP contribution in [0.15, 0.2) is 115 Å². The van der Waals surface area contributed by atoms with Crippen LogP contribution in [0.2, 0.25) is 0 Å². The van der Waals surface area contributed by atoms with Gasteiger partial charge in [-0.15, -0.1) is 0 Å². The summed E-state index contributed by atoms with van der Waals surface area (Å²) in [5, 5.41) is 27.7. The summed E-state index contributed by atoms with van der Waals surface area (Å²) in [6.07, 6.45) is 10.5. The number of nitrogens with zero attached hydrogens (tertiary/aromatic N) is 11. The Morgan fingerprint density at radius 1 is 0.647 bits per heavy atom. The third kappa shape index (κ3) is 7.38. The summed E-state index contributed by atoms with van der Waals surface area (Å²) >= 11 is 0. The van der Waals surface area contributed by atoms with Gasteiger partial charge in [-0.1, -0.05) is 29.4 Å². The number of hydrogen-bond acceptors (Lipinski definition) is 12. The molecule has 20 heteroatoms. The fourth-order valence-corrected chi connectivity index (χ4v) is 8.30. The monoisotopic (exact) mass is 908 g/mol. The van der Waals surface area contributed by atoms with Crippen molar-refractivity contribution in [2.75, 3.05) is 10.6 Å². The predicted octanol–water partition coefficient (Wildman–Crippen LogP) is 9.24. The first-order valence-corrected chi connectivity index (χ1v) is 21.3. The first-order valence-electron chi connectivity index (χ1n) is 21.3. The lowest BCUT2D eigenvalue weighted by Crippen LogP contribution is -2.04. The Kier molecular flexibility index (Phi) is 9.51. The van der Waals surface area contributed by atoms with Crippen molar-refractivity contribution in [3.63, 3.8) is 0 Å². The van der Waals surface area contributed by atoms with Crippen molar-refractivity contribution in [3.8, 4) is 45.0 Å². The van der Waals surface area contributed by atoms with Crippen LogP contribution in [-0.4, -0.2) is 69.8 Å². The Morgan fingerprint density at radius 3 is 2.13 bits per heavy atom. The summed E-state index contributed by atoms with van der Waals surface area (Å²) < 4.78 is 54.1. The molecule has 0 aliphatic carbocycles. The number of aryl methyl sites for hydroxylation is 2. The van der Waals surface area contributed by atoms with Gasteiger partial charge in [0.1, 0.15) is 40.1 Å². The highest BCUT2D eigenvalue weighted by atomic mass is 19.1. The first-order chi connectivity index (χ1) is 33.1. The molecule has 0 spiro atoms. The maximum Gasteiger partial charge on any atom is 0.177 e. The van der Waals surface area contributed by atoms with E-state index in [-0.39, 0.29) is 19.6 Å². The van der Waals surface area contributed by atoms with Gasteiger partial charge in [-0.2, -0.15) is 15.3 Å². The Bertz CT molecular complexity index is 3900. The van der Waals surface area contributed by atoms with Crippen LogP contribution < -0.4 is 10.6 Å². The van der Waals surface area contributed by atoms with Crippen LogP contribution in [0.4, 0.5) is 24.8 Å². The van der Waals surface area contributed by atoms with Gasteiger partial charge in [-0.3, -0.25) is 14.5 Å². The van der Waals surface area contributed by atoms with E-state index in [0.717, 1.165) is 16.5 Å². The summed E-state index contributed by atoms with van der Waals surface area (Å²) in [5.74, 6) is 0.720. The van der Waals surface area contributed by atoms with Crippen molar-refractivity contribution in [3.05, 3.63) is 150 Å². The molecule has 0 aliphatic heterocycles. The minimum absolute atomic E-state index is 0.0966. The molecular formula is C48H35F3N16O. The molecule has 0 bridgehead atoms. The number of fused-ring (bicyclic) bond motifs is 4. The fourth-order valence-electron chi connectivity index (χ4n) is 8.30.